The third-order valence-corrected chi connectivity index (χ3v) is 3.84. The zero-order valence-electron chi connectivity index (χ0n) is 14.7. The molecule has 0 heterocycles. The summed E-state index contributed by atoms with van der Waals surface area (Å²) in [6.45, 7) is 6.32. The Balaban J connectivity index is 1.78. The number of hydrogen-bond donors (Lipinski definition) is 3. The molecule has 2 aromatic carbocycles. The molecule has 2 aromatic rings. The van der Waals surface area contributed by atoms with Gasteiger partial charge in [0.15, 0.2) is 5.11 Å². The molecule has 0 bridgehead atoms. The molecule has 0 aliphatic heterocycles. The molecule has 1 amide bonds. The van der Waals surface area contributed by atoms with Crippen molar-refractivity contribution in [2.75, 3.05) is 5.32 Å². The summed E-state index contributed by atoms with van der Waals surface area (Å²) in [6, 6.07) is 15.9. The van der Waals surface area contributed by atoms with Gasteiger partial charge in [0, 0.05) is 11.8 Å². The first-order valence-electron chi connectivity index (χ1n) is 8.16. The average Bonchev–Trinajstić information content (AvgIpc) is 2.60. The summed E-state index contributed by atoms with van der Waals surface area (Å²) in [6.07, 6.45) is 3.20. The van der Waals surface area contributed by atoms with Crippen molar-refractivity contribution in [1.82, 2.24) is 10.9 Å². The quantitative estimate of drug-likeness (QED) is 0.439. The fourth-order valence-electron chi connectivity index (χ4n) is 2.12. The smallest absolute Gasteiger partial charge is 0.262 e. The number of thiocarbonyl (C=S) groups is 1. The van der Waals surface area contributed by atoms with Crippen LogP contribution < -0.4 is 16.2 Å². The Morgan fingerprint density at radius 2 is 1.64 bits per heavy atom. The van der Waals surface area contributed by atoms with Gasteiger partial charge in [0.2, 0.25) is 0 Å². The number of nitrogens with one attached hydrogen (secondary N) is 3. The van der Waals surface area contributed by atoms with E-state index in [1.807, 2.05) is 43.3 Å². The van der Waals surface area contributed by atoms with Crippen molar-refractivity contribution in [2.24, 2.45) is 0 Å². The van der Waals surface area contributed by atoms with Gasteiger partial charge in [-0.1, -0.05) is 55.8 Å². The Morgan fingerprint density at radius 3 is 2.24 bits per heavy atom. The van der Waals surface area contributed by atoms with Gasteiger partial charge in [-0.25, -0.2) is 0 Å². The fraction of sp³-hybridized carbons (Fsp3) is 0.200. The van der Waals surface area contributed by atoms with Crippen molar-refractivity contribution in [3.8, 4) is 0 Å². The van der Waals surface area contributed by atoms with E-state index < -0.39 is 0 Å². The molecular formula is C20H23N3OS. The van der Waals surface area contributed by atoms with E-state index in [1.54, 1.807) is 6.08 Å². The number of rotatable bonds is 4. The molecule has 0 atom stereocenters. The number of hydrogen-bond acceptors (Lipinski definition) is 2. The van der Waals surface area contributed by atoms with E-state index in [4.69, 9.17) is 12.2 Å². The van der Waals surface area contributed by atoms with Crippen LogP contribution in [0.3, 0.4) is 0 Å². The Bertz CT molecular complexity index is 750. The number of benzene rings is 2. The molecule has 0 aliphatic carbocycles. The van der Waals surface area contributed by atoms with Crippen LogP contribution in [0.2, 0.25) is 0 Å². The van der Waals surface area contributed by atoms with Crippen LogP contribution in [0.25, 0.3) is 6.08 Å². The maximum absolute atomic E-state index is 11.8. The van der Waals surface area contributed by atoms with Crippen LogP contribution in [0.15, 0.2) is 54.6 Å². The first-order valence-corrected chi connectivity index (χ1v) is 8.56. The van der Waals surface area contributed by atoms with Crippen LogP contribution >= 0.6 is 12.2 Å². The highest BCUT2D eigenvalue weighted by atomic mass is 32.1. The fourth-order valence-corrected chi connectivity index (χ4v) is 2.29. The molecule has 0 aromatic heterocycles. The number of anilines is 1. The van der Waals surface area contributed by atoms with E-state index in [1.165, 1.54) is 17.2 Å². The summed E-state index contributed by atoms with van der Waals surface area (Å²) in [5, 5.41) is 3.35. The zero-order valence-corrected chi connectivity index (χ0v) is 15.5. The van der Waals surface area contributed by atoms with E-state index in [9.17, 15) is 4.79 Å². The highest BCUT2D eigenvalue weighted by Crippen LogP contribution is 2.16. The van der Waals surface area contributed by atoms with Gasteiger partial charge in [0.05, 0.1) is 0 Å². The van der Waals surface area contributed by atoms with Crippen LogP contribution in [-0.4, -0.2) is 11.0 Å². The minimum Gasteiger partial charge on any atom is -0.331 e. The lowest BCUT2D eigenvalue weighted by Gasteiger charge is -2.11. The lowest BCUT2D eigenvalue weighted by atomic mass is 10.0. The van der Waals surface area contributed by atoms with Crippen molar-refractivity contribution in [3.05, 3.63) is 71.3 Å². The van der Waals surface area contributed by atoms with Crippen LogP contribution in [0, 0.1) is 6.92 Å². The van der Waals surface area contributed by atoms with Gasteiger partial charge < -0.3 is 5.32 Å². The molecule has 130 valence electrons. The van der Waals surface area contributed by atoms with Crippen molar-refractivity contribution >= 4 is 35.0 Å². The zero-order chi connectivity index (χ0) is 18.2. The van der Waals surface area contributed by atoms with E-state index in [0.717, 1.165) is 11.3 Å². The molecular weight excluding hydrogens is 330 g/mol. The lowest BCUT2D eigenvalue weighted by molar-refractivity contribution is -0.116. The molecule has 5 heteroatoms. The molecule has 25 heavy (non-hydrogen) atoms. The number of carbonyl (C=O) groups excluding carboxylic acids is 1. The molecule has 4 nitrogen and oxygen atoms in total. The molecule has 3 N–H and O–H groups in total. The largest absolute Gasteiger partial charge is 0.331 e. The summed E-state index contributed by atoms with van der Waals surface area (Å²) in [5.74, 6) is 0.207. The Kier molecular flexibility index (Phi) is 6.71. The number of amides is 1. The molecule has 0 spiro atoms. The van der Waals surface area contributed by atoms with Crippen molar-refractivity contribution in [1.29, 1.82) is 0 Å². The van der Waals surface area contributed by atoms with Crippen molar-refractivity contribution in [3.63, 3.8) is 0 Å². The first-order chi connectivity index (χ1) is 11.9. The third-order valence-electron chi connectivity index (χ3n) is 3.64. The standard InChI is InChI=1S/C20H23N3OS/c1-14(2)17-9-11-18(12-10-17)21-20(25)23-22-19(24)13-8-16-6-4-15(3)5-7-16/h4-14H,1-3H3,(H,22,24)(H2,21,23,25)/b13-8+. The number of hydrazine groups is 1. The van der Waals surface area contributed by atoms with Gasteiger partial charge in [0.1, 0.15) is 0 Å². The predicted octanol–water partition coefficient (Wildman–Crippen LogP) is 4.15. The maximum atomic E-state index is 11.8. The molecule has 2 rings (SSSR count). The highest BCUT2D eigenvalue weighted by molar-refractivity contribution is 7.80. The summed E-state index contributed by atoms with van der Waals surface area (Å²) in [7, 11) is 0. The summed E-state index contributed by atoms with van der Waals surface area (Å²) in [5.41, 5.74) is 9.49. The van der Waals surface area contributed by atoms with Gasteiger partial charge in [-0.3, -0.25) is 15.6 Å². The number of aryl methyl sites for hydroxylation is 1. The Labute approximate surface area is 154 Å². The van der Waals surface area contributed by atoms with E-state index in [0.29, 0.717) is 11.0 Å². The average molecular weight is 353 g/mol. The lowest BCUT2D eigenvalue weighted by Crippen LogP contribution is -2.43. The molecule has 0 saturated carbocycles. The summed E-state index contributed by atoms with van der Waals surface area (Å²) in [4.78, 5) is 11.8. The molecule has 0 fully saturated rings. The predicted molar refractivity (Wildman–Crippen MR) is 108 cm³/mol. The number of carbonyl (C=O) groups is 1. The van der Waals surface area contributed by atoms with Crippen molar-refractivity contribution in [2.45, 2.75) is 26.7 Å². The topological polar surface area (TPSA) is 53.2 Å². The van der Waals surface area contributed by atoms with Gasteiger partial charge in [0.25, 0.3) is 5.91 Å². The normalized spacial score (nSPS) is 10.7. The summed E-state index contributed by atoms with van der Waals surface area (Å²) >= 11 is 5.17. The Hall–Kier alpha value is -2.66. The van der Waals surface area contributed by atoms with E-state index in [-0.39, 0.29) is 5.91 Å². The Morgan fingerprint density at radius 1 is 1.00 bits per heavy atom. The third kappa shape index (κ3) is 6.39. The second kappa shape index (κ2) is 8.99. The molecule has 0 saturated heterocycles. The van der Waals surface area contributed by atoms with Gasteiger partial charge in [-0.15, -0.1) is 0 Å². The van der Waals surface area contributed by atoms with Gasteiger partial charge in [-0.2, -0.15) is 0 Å². The van der Waals surface area contributed by atoms with Crippen LogP contribution in [0.4, 0.5) is 5.69 Å². The molecule has 0 radical (unpaired) electrons. The molecule has 0 unspecified atom stereocenters. The minimum absolute atomic E-state index is 0.278. The second-order valence-electron chi connectivity index (χ2n) is 6.09. The first kappa shape index (κ1) is 18.7. The van der Waals surface area contributed by atoms with E-state index >= 15 is 0 Å². The van der Waals surface area contributed by atoms with Crippen LogP contribution in [-0.2, 0) is 4.79 Å². The van der Waals surface area contributed by atoms with E-state index in [2.05, 4.69) is 42.1 Å². The monoisotopic (exact) mass is 353 g/mol. The van der Waals surface area contributed by atoms with Crippen LogP contribution in [0.5, 0.6) is 0 Å². The summed E-state index contributed by atoms with van der Waals surface area (Å²) < 4.78 is 0. The minimum atomic E-state index is -0.278. The van der Waals surface area contributed by atoms with Gasteiger partial charge in [-0.05, 0) is 54.4 Å². The molecule has 0 aliphatic rings. The van der Waals surface area contributed by atoms with Crippen molar-refractivity contribution < 1.29 is 4.79 Å². The maximum Gasteiger partial charge on any atom is 0.262 e. The van der Waals surface area contributed by atoms with Gasteiger partial charge >= 0.3 is 0 Å². The van der Waals surface area contributed by atoms with Crippen LogP contribution in [0.1, 0.15) is 36.5 Å². The SMILES string of the molecule is Cc1ccc(/C=C/C(=O)NNC(=S)Nc2ccc(C(C)C)cc2)cc1. The highest BCUT2D eigenvalue weighted by Gasteiger charge is 2.01. The second-order valence-corrected chi connectivity index (χ2v) is 6.50.